The Bertz CT molecular complexity index is 711. The van der Waals surface area contributed by atoms with Crippen LogP contribution in [0.5, 0.6) is 0 Å². The molecule has 0 fully saturated rings. The van der Waals surface area contributed by atoms with E-state index in [1.165, 1.54) is 11.1 Å². The fraction of sp³-hybridized carbons (Fsp3) is 0.176. The quantitative estimate of drug-likeness (QED) is 0.735. The zero-order valence-corrected chi connectivity index (χ0v) is 11.9. The highest BCUT2D eigenvalue weighted by atomic mass is 14.8. The molecule has 104 valence electrons. The zero-order valence-electron chi connectivity index (χ0n) is 11.9. The van der Waals surface area contributed by atoms with Crippen LogP contribution in [-0.2, 0) is 12.8 Å². The highest BCUT2D eigenvalue weighted by Crippen LogP contribution is 2.22. The molecule has 3 aromatic heterocycles. The van der Waals surface area contributed by atoms with Crippen LogP contribution < -0.4 is 0 Å². The van der Waals surface area contributed by atoms with E-state index in [-0.39, 0.29) is 0 Å². The lowest BCUT2D eigenvalue weighted by Crippen LogP contribution is -1.99. The van der Waals surface area contributed by atoms with E-state index in [1.807, 2.05) is 36.8 Å². The molecule has 0 saturated carbocycles. The van der Waals surface area contributed by atoms with Crippen molar-refractivity contribution in [3.05, 3.63) is 72.1 Å². The van der Waals surface area contributed by atoms with Crippen molar-refractivity contribution in [2.75, 3.05) is 0 Å². The minimum atomic E-state index is 0.917. The summed E-state index contributed by atoms with van der Waals surface area (Å²) < 4.78 is 0. The van der Waals surface area contributed by atoms with Crippen LogP contribution in [0.25, 0.3) is 11.4 Å². The number of hydrogen-bond donors (Lipinski definition) is 0. The zero-order chi connectivity index (χ0) is 14.5. The van der Waals surface area contributed by atoms with Gasteiger partial charge in [-0.3, -0.25) is 9.97 Å². The van der Waals surface area contributed by atoms with Gasteiger partial charge in [0, 0.05) is 24.8 Å². The summed E-state index contributed by atoms with van der Waals surface area (Å²) >= 11 is 0. The van der Waals surface area contributed by atoms with E-state index in [4.69, 9.17) is 0 Å². The third kappa shape index (κ3) is 3.11. The van der Waals surface area contributed by atoms with Gasteiger partial charge in [0.15, 0.2) is 0 Å². The van der Waals surface area contributed by atoms with Gasteiger partial charge in [-0.1, -0.05) is 6.07 Å². The van der Waals surface area contributed by atoms with Crippen molar-refractivity contribution in [1.29, 1.82) is 0 Å². The molecule has 21 heavy (non-hydrogen) atoms. The highest BCUT2D eigenvalue weighted by Gasteiger charge is 2.08. The Morgan fingerprint density at radius 1 is 0.905 bits per heavy atom. The van der Waals surface area contributed by atoms with Crippen molar-refractivity contribution in [1.82, 2.24) is 19.9 Å². The van der Waals surface area contributed by atoms with E-state index in [9.17, 15) is 0 Å². The Balaban J connectivity index is 1.84. The molecular formula is C17H16N4. The molecule has 0 N–H and O–H groups in total. The van der Waals surface area contributed by atoms with Gasteiger partial charge in [-0.2, -0.15) is 0 Å². The number of rotatable bonds is 4. The summed E-state index contributed by atoms with van der Waals surface area (Å²) in [6, 6.07) is 7.96. The number of aryl methyl sites for hydroxylation is 2. The first-order chi connectivity index (χ1) is 10.3. The van der Waals surface area contributed by atoms with E-state index >= 15 is 0 Å². The van der Waals surface area contributed by atoms with Crippen LogP contribution in [0.2, 0.25) is 0 Å². The van der Waals surface area contributed by atoms with E-state index in [2.05, 4.69) is 32.9 Å². The Morgan fingerprint density at radius 3 is 2.52 bits per heavy atom. The van der Waals surface area contributed by atoms with Gasteiger partial charge >= 0.3 is 0 Å². The van der Waals surface area contributed by atoms with Crippen LogP contribution in [-0.4, -0.2) is 19.9 Å². The predicted octanol–water partition coefficient (Wildman–Crippen LogP) is 3.03. The summed E-state index contributed by atoms with van der Waals surface area (Å²) in [6.07, 6.45) is 10.8. The Kier molecular flexibility index (Phi) is 3.96. The van der Waals surface area contributed by atoms with Gasteiger partial charge in [-0.25, -0.2) is 9.97 Å². The van der Waals surface area contributed by atoms with Crippen LogP contribution in [0.4, 0.5) is 0 Å². The molecule has 4 nitrogen and oxygen atoms in total. The van der Waals surface area contributed by atoms with Crippen molar-refractivity contribution in [3.63, 3.8) is 0 Å². The van der Waals surface area contributed by atoms with E-state index in [0.717, 1.165) is 29.8 Å². The number of pyridine rings is 2. The summed E-state index contributed by atoms with van der Waals surface area (Å²) in [7, 11) is 0. The molecule has 0 atom stereocenters. The van der Waals surface area contributed by atoms with Crippen LogP contribution in [0.15, 0.2) is 55.4 Å². The Labute approximate surface area is 124 Å². The molecule has 0 spiro atoms. The summed E-state index contributed by atoms with van der Waals surface area (Å²) in [4.78, 5) is 17.0. The molecule has 0 radical (unpaired) electrons. The lowest BCUT2D eigenvalue weighted by atomic mass is 10.00. The number of nitrogens with zero attached hydrogens (tertiary/aromatic N) is 4. The molecule has 3 heterocycles. The third-order valence-electron chi connectivity index (χ3n) is 3.52. The van der Waals surface area contributed by atoms with Gasteiger partial charge in [-0.15, -0.1) is 0 Å². The van der Waals surface area contributed by atoms with Gasteiger partial charge < -0.3 is 0 Å². The van der Waals surface area contributed by atoms with Crippen molar-refractivity contribution in [3.8, 4) is 11.4 Å². The average Bonchev–Trinajstić information content (AvgIpc) is 2.56. The maximum Gasteiger partial charge on any atom is 0.115 e. The van der Waals surface area contributed by atoms with E-state index < -0.39 is 0 Å². The largest absolute Gasteiger partial charge is 0.255 e. The molecule has 4 heteroatoms. The fourth-order valence-electron chi connectivity index (χ4n) is 2.35. The molecule has 0 bridgehead atoms. The molecule has 0 aliphatic carbocycles. The van der Waals surface area contributed by atoms with Crippen molar-refractivity contribution >= 4 is 0 Å². The van der Waals surface area contributed by atoms with Crippen LogP contribution in [0, 0.1) is 6.92 Å². The number of aromatic nitrogens is 4. The smallest absolute Gasteiger partial charge is 0.115 e. The van der Waals surface area contributed by atoms with Crippen LogP contribution in [0.3, 0.4) is 0 Å². The minimum Gasteiger partial charge on any atom is -0.255 e. The first-order valence-corrected chi connectivity index (χ1v) is 6.94. The Morgan fingerprint density at radius 2 is 1.76 bits per heavy atom. The molecule has 0 aliphatic heterocycles. The van der Waals surface area contributed by atoms with E-state index in [0.29, 0.717) is 0 Å². The predicted molar refractivity (Wildman–Crippen MR) is 81.6 cm³/mol. The maximum absolute atomic E-state index is 4.48. The van der Waals surface area contributed by atoms with Crippen molar-refractivity contribution in [2.45, 2.75) is 19.8 Å². The van der Waals surface area contributed by atoms with Crippen LogP contribution in [0.1, 0.15) is 16.7 Å². The Hall–Kier alpha value is -2.62. The van der Waals surface area contributed by atoms with Gasteiger partial charge in [0.1, 0.15) is 6.33 Å². The fourth-order valence-corrected chi connectivity index (χ4v) is 2.35. The SMILES string of the molecule is Cc1c(CCc2cncnc2)ccnc1-c1ccccn1. The monoisotopic (exact) mass is 276 g/mol. The lowest BCUT2D eigenvalue weighted by Gasteiger charge is -2.10. The second kappa shape index (κ2) is 6.22. The van der Waals surface area contributed by atoms with Gasteiger partial charge in [0.2, 0.25) is 0 Å². The minimum absolute atomic E-state index is 0.917. The van der Waals surface area contributed by atoms with E-state index in [1.54, 1.807) is 12.5 Å². The first-order valence-electron chi connectivity index (χ1n) is 6.94. The first kappa shape index (κ1) is 13.4. The van der Waals surface area contributed by atoms with Gasteiger partial charge in [0.25, 0.3) is 0 Å². The number of hydrogen-bond acceptors (Lipinski definition) is 4. The summed E-state index contributed by atoms with van der Waals surface area (Å²) in [5.41, 5.74) is 5.49. The molecule has 3 aromatic rings. The van der Waals surface area contributed by atoms with Gasteiger partial charge in [0.05, 0.1) is 11.4 Å². The standard InChI is InChI=1S/C17H16N4/c1-13-15(6-5-14-10-18-12-19-11-14)7-9-21-17(13)16-4-2-3-8-20-16/h2-4,7-12H,5-6H2,1H3. The normalized spacial score (nSPS) is 10.5. The summed E-state index contributed by atoms with van der Waals surface area (Å²) in [6.45, 7) is 2.10. The second-order valence-corrected chi connectivity index (χ2v) is 4.91. The maximum atomic E-state index is 4.48. The van der Waals surface area contributed by atoms with Crippen molar-refractivity contribution < 1.29 is 0 Å². The van der Waals surface area contributed by atoms with Gasteiger partial charge in [-0.05, 0) is 54.7 Å². The van der Waals surface area contributed by atoms with Crippen LogP contribution >= 0.6 is 0 Å². The second-order valence-electron chi connectivity index (χ2n) is 4.91. The lowest BCUT2D eigenvalue weighted by molar-refractivity contribution is 0.920. The average molecular weight is 276 g/mol. The molecule has 0 unspecified atom stereocenters. The molecule has 3 rings (SSSR count). The molecular weight excluding hydrogens is 260 g/mol. The summed E-state index contributed by atoms with van der Waals surface area (Å²) in [5, 5.41) is 0. The highest BCUT2D eigenvalue weighted by molar-refractivity contribution is 5.59. The molecule has 0 aromatic carbocycles. The summed E-state index contributed by atoms with van der Waals surface area (Å²) in [5.74, 6) is 0. The molecule has 0 saturated heterocycles. The molecule has 0 aliphatic rings. The van der Waals surface area contributed by atoms with Crippen molar-refractivity contribution in [2.24, 2.45) is 0 Å². The molecule has 0 amide bonds. The third-order valence-corrected chi connectivity index (χ3v) is 3.52. The topological polar surface area (TPSA) is 51.6 Å².